The molecular formula is C30H33ClN4O2. The van der Waals surface area contributed by atoms with E-state index in [-0.39, 0.29) is 24.5 Å². The molecule has 192 valence electrons. The summed E-state index contributed by atoms with van der Waals surface area (Å²) in [5.74, 6) is -0.0969. The van der Waals surface area contributed by atoms with E-state index >= 15 is 0 Å². The Kier molecular flexibility index (Phi) is 8.51. The molecule has 0 aliphatic rings. The number of aryl methyl sites for hydroxylation is 1. The van der Waals surface area contributed by atoms with Gasteiger partial charge < -0.3 is 20.1 Å². The van der Waals surface area contributed by atoms with E-state index in [0.29, 0.717) is 30.2 Å². The zero-order valence-corrected chi connectivity index (χ0v) is 22.3. The summed E-state index contributed by atoms with van der Waals surface area (Å²) in [4.78, 5) is 33.4. The summed E-state index contributed by atoms with van der Waals surface area (Å²) in [7, 11) is 0. The molecule has 2 N–H and O–H groups in total. The molecule has 3 amide bonds. The maximum absolute atomic E-state index is 13.6. The molecule has 4 rings (SSSR count). The zero-order chi connectivity index (χ0) is 26.4. The predicted molar refractivity (Wildman–Crippen MR) is 151 cm³/mol. The molecular weight excluding hydrogens is 484 g/mol. The number of aromatic amines is 1. The average Bonchev–Trinajstić information content (AvgIpc) is 3.30. The van der Waals surface area contributed by atoms with E-state index < -0.39 is 0 Å². The molecule has 7 heteroatoms. The molecule has 0 saturated carbocycles. The van der Waals surface area contributed by atoms with Gasteiger partial charge in [-0.15, -0.1) is 0 Å². The maximum atomic E-state index is 13.6. The third-order valence-corrected chi connectivity index (χ3v) is 6.71. The van der Waals surface area contributed by atoms with E-state index in [9.17, 15) is 9.59 Å². The first-order chi connectivity index (χ1) is 17.8. The number of para-hydroxylation sites is 1. The van der Waals surface area contributed by atoms with E-state index in [4.69, 9.17) is 11.6 Å². The number of urea groups is 1. The zero-order valence-electron chi connectivity index (χ0n) is 21.5. The quantitative estimate of drug-likeness (QED) is 0.262. The number of carbonyl (C=O) groups excluding carboxylic acids is 2. The van der Waals surface area contributed by atoms with Crippen molar-refractivity contribution in [3.63, 3.8) is 0 Å². The van der Waals surface area contributed by atoms with Crippen LogP contribution >= 0.6 is 11.6 Å². The number of nitrogens with one attached hydrogen (secondary N) is 2. The first kappa shape index (κ1) is 26.3. The molecule has 1 aromatic heterocycles. The number of aromatic nitrogens is 1. The Labute approximate surface area is 223 Å². The largest absolute Gasteiger partial charge is 0.361 e. The molecule has 0 unspecified atom stereocenters. The van der Waals surface area contributed by atoms with Crippen molar-refractivity contribution in [2.45, 2.75) is 39.8 Å². The second kappa shape index (κ2) is 12.0. The van der Waals surface area contributed by atoms with Gasteiger partial charge in [0.05, 0.1) is 0 Å². The van der Waals surface area contributed by atoms with Gasteiger partial charge in [-0.25, -0.2) is 4.79 Å². The van der Waals surface area contributed by atoms with Crippen LogP contribution in [-0.4, -0.2) is 45.9 Å². The summed E-state index contributed by atoms with van der Waals surface area (Å²) in [5, 5.41) is 4.64. The second-order valence-electron chi connectivity index (χ2n) is 9.57. The highest BCUT2D eigenvalue weighted by Gasteiger charge is 2.24. The van der Waals surface area contributed by atoms with Gasteiger partial charge in [-0.2, -0.15) is 0 Å². The van der Waals surface area contributed by atoms with Crippen LogP contribution < -0.4 is 5.32 Å². The van der Waals surface area contributed by atoms with E-state index in [1.54, 1.807) is 29.2 Å². The van der Waals surface area contributed by atoms with Gasteiger partial charge in [-0.05, 0) is 68.7 Å². The highest BCUT2D eigenvalue weighted by molar-refractivity contribution is 6.30. The molecule has 6 nitrogen and oxygen atoms in total. The Morgan fingerprint density at radius 1 is 0.973 bits per heavy atom. The Bertz CT molecular complexity index is 1350. The lowest BCUT2D eigenvalue weighted by molar-refractivity contribution is -0.132. The smallest absolute Gasteiger partial charge is 0.322 e. The Morgan fingerprint density at radius 3 is 2.38 bits per heavy atom. The predicted octanol–water partition coefficient (Wildman–Crippen LogP) is 6.64. The molecule has 1 heterocycles. The van der Waals surface area contributed by atoms with Crippen LogP contribution in [0, 0.1) is 6.92 Å². The van der Waals surface area contributed by atoms with Gasteiger partial charge in [0, 0.05) is 46.9 Å². The molecule has 0 aliphatic heterocycles. The summed E-state index contributed by atoms with van der Waals surface area (Å²) >= 11 is 5.96. The number of halogens is 1. The number of fused-ring (bicyclic) bond motifs is 1. The molecule has 4 aromatic rings. The van der Waals surface area contributed by atoms with E-state index in [2.05, 4.69) is 40.6 Å². The van der Waals surface area contributed by atoms with Crippen molar-refractivity contribution in [3.05, 3.63) is 101 Å². The maximum Gasteiger partial charge on any atom is 0.322 e. The summed E-state index contributed by atoms with van der Waals surface area (Å²) in [5.41, 5.74) is 5.10. The van der Waals surface area contributed by atoms with E-state index in [1.807, 2.05) is 50.1 Å². The molecule has 3 aromatic carbocycles. The molecule has 0 saturated heterocycles. The topological polar surface area (TPSA) is 68.4 Å². The van der Waals surface area contributed by atoms with Gasteiger partial charge in [-0.3, -0.25) is 4.79 Å². The lowest BCUT2D eigenvalue weighted by atomic mass is 10.1. The minimum absolute atomic E-state index is 0.0170. The first-order valence-corrected chi connectivity index (χ1v) is 12.9. The van der Waals surface area contributed by atoms with Crippen LogP contribution in [0.3, 0.4) is 0 Å². The van der Waals surface area contributed by atoms with E-state index in [1.165, 1.54) is 11.1 Å². The number of amides is 3. The number of benzene rings is 3. The fraction of sp³-hybridized carbons (Fsp3) is 0.267. The van der Waals surface area contributed by atoms with Crippen molar-refractivity contribution < 1.29 is 9.59 Å². The van der Waals surface area contributed by atoms with Crippen molar-refractivity contribution in [3.8, 4) is 0 Å². The van der Waals surface area contributed by atoms with Crippen LogP contribution in [0.1, 0.15) is 30.5 Å². The lowest BCUT2D eigenvalue weighted by Gasteiger charge is -2.30. The van der Waals surface area contributed by atoms with E-state index in [0.717, 1.165) is 16.5 Å². The van der Waals surface area contributed by atoms with Gasteiger partial charge in [0.1, 0.15) is 6.54 Å². The molecule has 0 atom stereocenters. The van der Waals surface area contributed by atoms with Crippen molar-refractivity contribution in [2.75, 3.05) is 18.4 Å². The van der Waals surface area contributed by atoms with Gasteiger partial charge in [0.2, 0.25) is 5.91 Å². The van der Waals surface area contributed by atoms with Crippen molar-refractivity contribution in [2.24, 2.45) is 0 Å². The molecule has 0 spiro atoms. The minimum atomic E-state index is -0.322. The fourth-order valence-electron chi connectivity index (χ4n) is 4.26. The number of carbonyl (C=O) groups is 2. The van der Waals surface area contributed by atoms with Crippen LogP contribution in [-0.2, 0) is 17.8 Å². The Balaban J connectivity index is 1.50. The summed E-state index contributed by atoms with van der Waals surface area (Å²) in [6.07, 6.45) is 2.72. The number of H-pyrrole nitrogens is 1. The molecule has 0 fully saturated rings. The number of hydrogen-bond acceptors (Lipinski definition) is 2. The second-order valence-corrected chi connectivity index (χ2v) is 10.0. The first-order valence-electron chi connectivity index (χ1n) is 12.5. The Morgan fingerprint density at radius 2 is 1.68 bits per heavy atom. The Hall–Kier alpha value is -3.77. The van der Waals surface area contributed by atoms with Crippen LogP contribution in [0.4, 0.5) is 10.5 Å². The van der Waals surface area contributed by atoms with Gasteiger partial charge in [0.15, 0.2) is 0 Å². The lowest BCUT2D eigenvalue weighted by Crippen LogP contribution is -2.47. The molecule has 0 radical (unpaired) electrons. The third-order valence-electron chi connectivity index (χ3n) is 6.46. The van der Waals surface area contributed by atoms with Crippen molar-refractivity contribution in [1.82, 2.24) is 14.8 Å². The normalized spacial score (nSPS) is 11.1. The standard InChI is InChI=1S/C30H33ClN4O2/c1-21(2)35(30(37)33-26-14-12-25(31)13-15-26)20-29(36)34(19-23-10-8-22(3)9-11-23)17-16-24-18-32-28-7-5-4-6-27(24)28/h4-15,18,21,32H,16-17,19-20H2,1-3H3,(H,33,37). The summed E-state index contributed by atoms with van der Waals surface area (Å²) in [6, 6.07) is 22.8. The van der Waals surface area contributed by atoms with Crippen LogP contribution in [0.5, 0.6) is 0 Å². The van der Waals surface area contributed by atoms with Gasteiger partial charge >= 0.3 is 6.03 Å². The monoisotopic (exact) mass is 516 g/mol. The highest BCUT2D eigenvalue weighted by Crippen LogP contribution is 2.20. The minimum Gasteiger partial charge on any atom is -0.361 e. The average molecular weight is 517 g/mol. The SMILES string of the molecule is Cc1ccc(CN(CCc2c[nH]c3ccccc23)C(=O)CN(C(=O)Nc2ccc(Cl)cc2)C(C)C)cc1. The van der Waals surface area contributed by atoms with Crippen LogP contribution in [0.2, 0.25) is 5.02 Å². The molecule has 37 heavy (non-hydrogen) atoms. The summed E-state index contributed by atoms with van der Waals surface area (Å²) < 4.78 is 0. The van der Waals surface area contributed by atoms with Crippen molar-refractivity contribution in [1.29, 1.82) is 0 Å². The van der Waals surface area contributed by atoms with Gasteiger partial charge in [0.25, 0.3) is 0 Å². The number of rotatable bonds is 9. The number of hydrogen-bond donors (Lipinski definition) is 2. The number of anilines is 1. The fourth-order valence-corrected chi connectivity index (χ4v) is 4.39. The van der Waals surface area contributed by atoms with Crippen molar-refractivity contribution >= 4 is 40.1 Å². The highest BCUT2D eigenvalue weighted by atomic mass is 35.5. The van der Waals surface area contributed by atoms with Crippen LogP contribution in [0.25, 0.3) is 10.9 Å². The summed E-state index contributed by atoms with van der Waals surface area (Å²) in [6.45, 7) is 6.86. The third kappa shape index (κ3) is 6.92. The number of nitrogens with zero attached hydrogens (tertiary/aromatic N) is 2. The molecule has 0 bridgehead atoms. The van der Waals surface area contributed by atoms with Gasteiger partial charge in [-0.1, -0.05) is 59.6 Å². The molecule has 0 aliphatic carbocycles. The van der Waals surface area contributed by atoms with Crippen LogP contribution in [0.15, 0.2) is 79.0 Å².